The second-order valence-corrected chi connectivity index (χ2v) is 11.9. The Morgan fingerprint density at radius 2 is 1.64 bits per heavy atom. The van der Waals surface area contributed by atoms with Crippen LogP contribution in [0, 0.1) is 0 Å². The smallest absolute Gasteiger partial charge is 0.268 e. The fraction of sp³-hybridized carbons (Fsp3) is 0.267. The van der Waals surface area contributed by atoms with Gasteiger partial charge in [-0.25, -0.2) is 18.4 Å². The van der Waals surface area contributed by atoms with Crippen LogP contribution in [-0.2, 0) is 10.0 Å². The van der Waals surface area contributed by atoms with Gasteiger partial charge in [-0.05, 0) is 61.0 Å². The Morgan fingerprint density at radius 1 is 0.897 bits per heavy atom. The number of sulfonamides is 1. The van der Waals surface area contributed by atoms with E-state index in [1.54, 1.807) is 0 Å². The van der Waals surface area contributed by atoms with Gasteiger partial charge in [0.15, 0.2) is 0 Å². The molecular weight excluding hydrogens is 508 g/mol. The fourth-order valence-electron chi connectivity index (χ4n) is 5.21. The minimum atomic E-state index is -3.78. The van der Waals surface area contributed by atoms with Crippen molar-refractivity contribution in [3.05, 3.63) is 79.0 Å². The van der Waals surface area contributed by atoms with Gasteiger partial charge in [-0.1, -0.05) is 43.3 Å². The van der Waals surface area contributed by atoms with Crippen LogP contribution in [0.4, 0.5) is 23.0 Å². The quantitative estimate of drug-likeness (QED) is 0.359. The average molecular weight is 541 g/mol. The third kappa shape index (κ3) is 4.84. The molecule has 200 valence electrons. The van der Waals surface area contributed by atoms with Crippen molar-refractivity contribution in [2.24, 2.45) is 0 Å². The first kappa shape index (κ1) is 25.3. The Kier molecular flexibility index (Phi) is 6.70. The van der Waals surface area contributed by atoms with Crippen molar-refractivity contribution in [1.82, 2.24) is 14.9 Å². The summed E-state index contributed by atoms with van der Waals surface area (Å²) in [6, 6.07) is 24.2. The number of hydrogen-bond acceptors (Lipinski definition) is 7. The van der Waals surface area contributed by atoms with E-state index in [0.717, 1.165) is 48.6 Å². The largest absolute Gasteiger partial charge is 0.369 e. The number of anilines is 4. The molecule has 2 aliphatic rings. The molecular formula is C30H32N6O2S. The summed E-state index contributed by atoms with van der Waals surface area (Å²) in [5.41, 5.74) is 5.94. The van der Waals surface area contributed by atoms with Crippen LogP contribution in [0.2, 0.25) is 0 Å². The number of likely N-dealkylation sites (N-methyl/N-ethyl adjacent to an activating group) is 1. The van der Waals surface area contributed by atoms with Crippen LogP contribution < -0.4 is 14.5 Å². The van der Waals surface area contributed by atoms with Gasteiger partial charge in [-0.15, -0.1) is 0 Å². The summed E-state index contributed by atoms with van der Waals surface area (Å²) < 4.78 is 28.7. The molecule has 0 spiro atoms. The molecule has 1 saturated heterocycles. The number of aromatic nitrogens is 2. The lowest BCUT2D eigenvalue weighted by Gasteiger charge is -2.34. The predicted octanol–water partition coefficient (Wildman–Crippen LogP) is 5.22. The third-order valence-electron chi connectivity index (χ3n) is 7.37. The van der Waals surface area contributed by atoms with Crippen molar-refractivity contribution in [3.8, 4) is 22.4 Å². The summed E-state index contributed by atoms with van der Waals surface area (Å²) in [6.45, 7) is 6.47. The molecule has 0 unspecified atom stereocenters. The maximum Gasteiger partial charge on any atom is 0.268 e. The number of hydrogen-bond donors (Lipinski definition) is 1. The van der Waals surface area contributed by atoms with Crippen molar-refractivity contribution in [1.29, 1.82) is 0 Å². The van der Waals surface area contributed by atoms with Crippen molar-refractivity contribution in [3.63, 3.8) is 0 Å². The van der Waals surface area contributed by atoms with Crippen LogP contribution in [0.5, 0.6) is 0 Å². The predicted molar refractivity (Wildman–Crippen MR) is 157 cm³/mol. The third-order valence-corrected chi connectivity index (χ3v) is 9.18. The summed E-state index contributed by atoms with van der Waals surface area (Å²) in [5.74, 6) is 0.358. The Morgan fingerprint density at radius 3 is 2.36 bits per heavy atom. The molecule has 9 heteroatoms. The first-order chi connectivity index (χ1) is 18.9. The molecule has 4 aromatic rings. The first-order valence-electron chi connectivity index (χ1n) is 13.3. The van der Waals surface area contributed by atoms with Crippen LogP contribution in [0.25, 0.3) is 22.4 Å². The average Bonchev–Trinajstić information content (AvgIpc) is 2.96. The van der Waals surface area contributed by atoms with E-state index >= 15 is 0 Å². The van der Waals surface area contributed by atoms with Gasteiger partial charge < -0.3 is 15.1 Å². The highest BCUT2D eigenvalue weighted by atomic mass is 32.2. The molecule has 0 atom stereocenters. The zero-order valence-electron chi connectivity index (χ0n) is 22.2. The second kappa shape index (κ2) is 10.3. The molecule has 0 saturated carbocycles. The number of benzene rings is 3. The summed E-state index contributed by atoms with van der Waals surface area (Å²) in [5, 5.41) is 3.27. The highest BCUT2D eigenvalue weighted by molar-refractivity contribution is 7.93. The summed E-state index contributed by atoms with van der Waals surface area (Å²) >= 11 is 0. The van der Waals surface area contributed by atoms with Gasteiger partial charge >= 0.3 is 0 Å². The lowest BCUT2D eigenvalue weighted by atomic mass is 9.99. The number of piperazine rings is 1. The highest BCUT2D eigenvalue weighted by Gasteiger charge is 2.36. The number of nitrogens with one attached hydrogen (secondary N) is 1. The van der Waals surface area contributed by atoms with E-state index in [2.05, 4.69) is 39.3 Å². The van der Waals surface area contributed by atoms with Crippen LogP contribution in [0.3, 0.4) is 0 Å². The molecule has 39 heavy (non-hydrogen) atoms. The van der Waals surface area contributed by atoms with Crippen molar-refractivity contribution in [2.75, 3.05) is 54.3 Å². The van der Waals surface area contributed by atoms with Gasteiger partial charge in [-0.3, -0.25) is 4.31 Å². The SMILES string of the molecule is CCCN1c2ccc(-c3ccccc3)cc2-c2nc(Nc3ccc(N4CCN(C)CC4)cc3)ncc2S1(=O)=O. The van der Waals surface area contributed by atoms with Crippen LogP contribution in [0.1, 0.15) is 13.3 Å². The standard InChI is InChI=1S/C30H32N6O2S/c1-3-15-36-27-14-9-23(22-7-5-4-6-8-22)20-26(27)29-28(39(36,37)38)21-31-30(33-29)32-24-10-12-25(13-11-24)35-18-16-34(2)17-19-35/h4-14,20-21H,3,15-19H2,1-2H3,(H,31,32,33). The topological polar surface area (TPSA) is 81.7 Å². The molecule has 3 aromatic carbocycles. The van der Waals surface area contributed by atoms with Crippen LogP contribution in [-0.4, -0.2) is 63.1 Å². The zero-order chi connectivity index (χ0) is 27.0. The Labute approximate surface area is 230 Å². The molecule has 1 fully saturated rings. The van der Waals surface area contributed by atoms with Crippen LogP contribution >= 0.6 is 0 Å². The molecule has 0 radical (unpaired) electrons. The van der Waals surface area contributed by atoms with Crippen molar-refractivity contribution < 1.29 is 8.42 Å². The van der Waals surface area contributed by atoms with Crippen molar-refractivity contribution in [2.45, 2.75) is 18.2 Å². The number of nitrogens with zero attached hydrogens (tertiary/aromatic N) is 5. The molecule has 2 aliphatic heterocycles. The summed E-state index contributed by atoms with van der Waals surface area (Å²) in [6.07, 6.45) is 2.12. The van der Waals surface area contributed by atoms with Gasteiger partial charge in [-0.2, -0.15) is 0 Å². The van der Waals surface area contributed by atoms with Crippen LogP contribution in [0.15, 0.2) is 83.9 Å². The van der Waals surface area contributed by atoms with Gasteiger partial charge in [0.25, 0.3) is 10.0 Å². The first-order valence-corrected chi connectivity index (χ1v) is 14.8. The minimum Gasteiger partial charge on any atom is -0.369 e. The fourth-order valence-corrected chi connectivity index (χ4v) is 6.87. The summed E-state index contributed by atoms with van der Waals surface area (Å²) in [4.78, 5) is 14.0. The van der Waals surface area contributed by atoms with E-state index in [4.69, 9.17) is 4.98 Å². The van der Waals surface area contributed by atoms with Gasteiger partial charge in [0.1, 0.15) is 4.90 Å². The highest BCUT2D eigenvalue weighted by Crippen LogP contribution is 2.44. The van der Waals surface area contributed by atoms with E-state index < -0.39 is 10.0 Å². The Balaban J connectivity index is 1.35. The van der Waals surface area contributed by atoms with Crippen molar-refractivity contribution >= 4 is 33.0 Å². The van der Waals surface area contributed by atoms with E-state index in [1.165, 1.54) is 16.2 Å². The van der Waals surface area contributed by atoms with E-state index in [0.29, 0.717) is 30.3 Å². The zero-order valence-corrected chi connectivity index (χ0v) is 23.0. The maximum atomic E-state index is 13.6. The second-order valence-electron chi connectivity index (χ2n) is 10.0. The molecule has 1 aromatic heterocycles. The molecule has 8 nitrogen and oxygen atoms in total. The minimum absolute atomic E-state index is 0.129. The van der Waals surface area contributed by atoms with Gasteiger partial charge in [0, 0.05) is 49.7 Å². The molecule has 0 amide bonds. The molecule has 0 aliphatic carbocycles. The number of rotatable bonds is 6. The normalized spacial score (nSPS) is 16.5. The molecule has 1 N–H and O–H groups in total. The Bertz CT molecular complexity index is 1580. The van der Waals surface area contributed by atoms with E-state index in [9.17, 15) is 8.42 Å². The van der Waals surface area contributed by atoms with E-state index in [-0.39, 0.29) is 4.90 Å². The number of fused-ring (bicyclic) bond motifs is 3. The Hall–Kier alpha value is -3.95. The summed E-state index contributed by atoms with van der Waals surface area (Å²) in [7, 11) is -1.63. The van der Waals surface area contributed by atoms with Gasteiger partial charge in [0.2, 0.25) is 5.95 Å². The van der Waals surface area contributed by atoms with Gasteiger partial charge in [0.05, 0.1) is 17.6 Å². The lowest BCUT2D eigenvalue weighted by Crippen LogP contribution is -2.44. The molecule has 3 heterocycles. The maximum absolute atomic E-state index is 13.6. The lowest BCUT2D eigenvalue weighted by molar-refractivity contribution is 0.313. The monoisotopic (exact) mass is 540 g/mol. The van der Waals surface area contributed by atoms with E-state index in [1.807, 2.05) is 67.6 Å². The molecule has 6 rings (SSSR count). The molecule has 0 bridgehead atoms.